The highest BCUT2D eigenvalue weighted by molar-refractivity contribution is 5.79. The molecule has 0 saturated carbocycles. The fraction of sp³-hybridized carbons (Fsp3) is 0.182. The predicted molar refractivity (Wildman–Crippen MR) is 56.2 cm³/mol. The SMILES string of the molecule is CC(=O)O.Cn1ccc2ccccc21. The van der Waals surface area contributed by atoms with Crippen LogP contribution < -0.4 is 0 Å². The van der Waals surface area contributed by atoms with Gasteiger partial charge >= 0.3 is 0 Å². The Labute approximate surface area is 82.6 Å². The minimum absolute atomic E-state index is 0.833. The Hall–Kier alpha value is -1.77. The number of para-hydroxylation sites is 1. The van der Waals surface area contributed by atoms with Crippen molar-refractivity contribution in [3.05, 3.63) is 36.5 Å². The van der Waals surface area contributed by atoms with Gasteiger partial charge in [-0.15, -0.1) is 0 Å². The largest absolute Gasteiger partial charge is 0.481 e. The minimum atomic E-state index is -0.833. The maximum Gasteiger partial charge on any atom is 0.300 e. The van der Waals surface area contributed by atoms with E-state index in [0.717, 1.165) is 6.92 Å². The van der Waals surface area contributed by atoms with E-state index in [2.05, 4.69) is 48.1 Å². The number of carboxylic acids is 1. The van der Waals surface area contributed by atoms with Crippen LogP contribution in [0.2, 0.25) is 0 Å². The molecule has 0 bridgehead atoms. The molecule has 1 heterocycles. The van der Waals surface area contributed by atoms with Crippen LogP contribution in [0.15, 0.2) is 36.5 Å². The molecule has 0 aliphatic rings. The lowest BCUT2D eigenvalue weighted by Gasteiger charge is -1.92. The summed E-state index contributed by atoms with van der Waals surface area (Å²) in [6.07, 6.45) is 2.07. The van der Waals surface area contributed by atoms with E-state index >= 15 is 0 Å². The molecular formula is C11H13NO2. The second-order valence-corrected chi connectivity index (χ2v) is 3.00. The molecule has 1 aromatic heterocycles. The Balaban J connectivity index is 0.000000213. The van der Waals surface area contributed by atoms with Crippen molar-refractivity contribution in [2.75, 3.05) is 0 Å². The molecule has 74 valence electrons. The van der Waals surface area contributed by atoms with Crippen molar-refractivity contribution in [1.82, 2.24) is 4.57 Å². The highest BCUT2D eigenvalue weighted by atomic mass is 16.4. The van der Waals surface area contributed by atoms with Crippen molar-refractivity contribution in [3.8, 4) is 0 Å². The summed E-state index contributed by atoms with van der Waals surface area (Å²) in [4.78, 5) is 9.00. The van der Waals surface area contributed by atoms with Crippen molar-refractivity contribution >= 4 is 16.9 Å². The standard InChI is InChI=1S/C9H9N.C2H4O2/c1-10-7-6-8-4-2-3-5-9(8)10;1-2(3)4/h2-7H,1H3;1H3,(H,3,4). The Morgan fingerprint density at radius 3 is 2.43 bits per heavy atom. The van der Waals surface area contributed by atoms with Gasteiger partial charge in [0.15, 0.2) is 0 Å². The molecule has 0 fully saturated rings. The molecule has 1 N–H and O–H groups in total. The summed E-state index contributed by atoms with van der Waals surface area (Å²) in [6.45, 7) is 1.08. The zero-order valence-electron chi connectivity index (χ0n) is 8.27. The lowest BCUT2D eigenvalue weighted by atomic mass is 10.2. The first-order chi connectivity index (χ1) is 6.61. The lowest BCUT2D eigenvalue weighted by molar-refractivity contribution is -0.134. The number of aliphatic carboxylic acids is 1. The maximum absolute atomic E-state index is 9.00. The highest BCUT2D eigenvalue weighted by Gasteiger charge is 1.92. The van der Waals surface area contributed by atoms with Crippen molar-refractivity contribution in [2.24, 2.45) is 7.05 Å². The third-order valence-corrected chi connectivity index (χ3v) is 1.79. The number of carboxylic acid groups (broad SMARTS) is 1. The topological polar surface area (TPSA) is 42.2 Å². The Kier molecular flexibility index (Phi) is 3.29. The second-order valence-electron chi connectivity index (χ2n) is 3.00. The number of hydrogen-bond acceptors (Lipinski definition) is 1. The number of rotatable bonds is 0. The van der Waals surface area contributed by atoms with E-state index in [0.29, 0.717) is 0 Å². The molecule has 1 aromatic carbocycles. The lowest BCUT2D eigenvalue weighted by Crippen LogP contribution is -1.81. The summed E-state index contributed by atoms with van der Waals surface area (Å²) in [6, 6.07) is 10.5. The van der Waals surface area contributed by atoms with Crippen molar-refractivity contribution in [3.63, 3.8) is 0 Å². The van der Waals surface area contributed by atoms with Crippen LogP contribution in [-0.4, -0.2) is 15.6 Å². The zero-order valence-corrected chi connectivity index (χ0v) is 8.27. The molecule has 2 rings (SSSR count). The number of aryl methyl sites for hydroxylation is 1. The van der Waals surface area contributed by atoms with Gasteiger partial charge in [-0.3, -0.25) is 4.79 Å². The number of aromatic nitrogens is 1. The number of fused-ring (bicyclic) bond motifs is 1. The Morgan fingerprint density at radius 2 is 1.86 bits per heavy atom. The van der Waals surface area contributed by atoms with E-state index in [9.17, 15) is 0 Å². The van der Waals surface area contributed by atoms with Crippen LogP contribution >= 0.6 is 0 Å². The van der Waals surface area contributed by atoms with E-state index in [-0.39, 0.29) is 0 Å². The van der Waals surface area contributed by atoms with Gasteiger partial charge in [0, 0.05) is 25.7 Å². The van der Waals surface area contributed by atoms with Crippen molar-refractivity contribution < 1.29 is 9.90 Å². The molecule has 0 amide bonds. The molecule has 3 heteroatoms. The molecule has 0 unspecified atom stereocenters. The van der Waals surface area contributed by atoms with Crippen LogP contribution in [0.1, 0.15) is 6.92 Å². The Morgan fingerprint density at radius 1 is 1.29 bits per heavy atom. The molecule has 0 atom stereocenters. The number of nitrogens with zero attached hydrogens (tertiary/aromatic N) is 1. The number of benzene rings is 1. The van der Waals surface area contributed by atoms with Crippen LogP contribution in [0.4, 0.5) is 0 Å². The van der Waals surface area contributed by atoms with Gasteiger partial charge in [0.25, 0.3) is 5.97 Å². The fourth-order valence-corrected chi connectivity index (χ4v) is 1.22. The van der Waals surface area contributed by atoms with Gasteiger partial charge in [0.1, 0.15) is 0 Å². The third kappa shape index (κ3) is 2.62. The molecule has 0 spiro atoms. The van der Waals surface area contributed by atoms with E-state index in [1.165, 1.54) is 10.9 Å². The Bertz CT molecular complexity index is 428. The molecule has 2 aromatic rings. The first kappa shape index (κ1) is 10.3. The average Bonchev–Trinajstić information content (AvgIpc) is 2.48. The van der Waals surface area contributed by atoms with Gasteiger partial charge in [-0.05, 0) is 17.5 Å². The quantitative estimate of drug-likeness (QED) is 0.694. The molecule has 0 saturated heterocycles. The summed E-state index contributed by atoms with van der Waals surface area (Å²) < 4.78 is 2.12. The normalized spacial score (nSPS) is 9.29. The van der Waals surface area contributed by atoms with Crippen molar-refractivity contribution in [1.29, 1.82) is 0 Å². The van der Waals surface area contributed by atoms with Crippen LogP contribution in [0.5, 0.6) is 0 Å². The average molecular weight is 191 g/mol. The van der Waals surface area contributed by atoms with E-state index in [4.69, 9.17) is 9.90 Å². The van der Waals surface area contributed by atoms with Crippen LogP contribution in [0, 0.1) is 0 Å². The predicted octanol–water partition coefficient (Wildman–Crippen LogP) is 2.27. The third-order valence-electron chi connectivity index (χ3n) is 1.79. The van der Waals surface area contributed by atoms with Gasteiger partial charge in [0.05, 0.1) is 0 Å². The van der Waals surface area contributed by atoms with Gasteiger partial charge in [-0.1, -0.05) is 18.2 Å². The molecule has 0 aliphatic carbocycles. The zero-order chi connectivity index (χ0) is 10.6. The fourth-order valence-electron chi connectivity index (χ4n) is 1.22. The molecule has 0 aliphatic heterocycles. The summed E-state index contributed by atoms with van der Waals surface area (Å²) in [5.74, 6) is -0.833. The first-order valence-corrected chi connectivity index (χ1v) is 4.31. The van der Waals surface area contributed by atoms with E-state index < -0.39 is 5.97 Å². The number of hydrogen-bond donors (Lipinski definition) is 1. The molecular weight excluding hydrogens is 178 g/mol. The van der Waals surface area contributed by atoms with Gasteiger partial charge in [0.2, 0.25) is 0 Å². The molecule has 3 nitrogen and oxygen atoms in total. The summed E-state index contributed by atoms with van der Waals surface area (Å²) in [5, 5.41) is 8.73. The monoisotopic (exact) mass is 191 g/mol. The summed E-state index contributed by atoms with van der Waals surface area (Å²) >= 11 is 0. The number of carbonyl (C=O) groups is 1. The van der Waals surface area contributed by atoms with E-state index in [1.807, 2.05) is 0 Å². The van der Waals surface area contributed by atoms with Crippen molar-refractivity contribution in [2.45, 2.75) is 6.92 Å². The van der Waals surface area contributed by atoms with Crippen LogP contribution in [0.25, 0.3) is 10.9 Å². The maximum atomic E-state index is 9.00. The summed E-state index contributed by atoms with van der Waals surface area (Å²) in [5.41, 5.74) is 1.29. The van der Waals surface area contributed by atoms with E-state index in [1.54, 1.807) is 0 Å². The van der Waals surface area contributed by atoms with Crippen LogP contribution in [0.3, 0.4) is 0 Å². The van der Waals surface area contributed by atoms with Gasteiger partial charge in [-0.2, -0.15) is 0 Å². The molecule has 14 heavy (non-hydrogen) atoms. The van der Waals surface area contributed by atoms with Gasteiger partial charge in [-0.25, -0.2) is 0 Å². The second kappa shape index (κ2) is 4.46. The highest BCUT2D eigenvalue weighted by Crippen LogP contribution is 2.12. The smallest absolute Gasteiger partial charge is 0.300 e. The summed E-state index contributed by atoms with van der Waals surface area (Å²) in [7, 11) is 2.06. The molecule has 0 radical (unpaired) electrons. The minimum Gasteiger partial charge on any atom is -0.481 e. The van der Waals surface area contributed by atoms with Crippen LogP contribution in [-0.2, 0) is 11.8 Å². The van der Waals surface area contributed by atoms with Gasteiger partial charge < -0.3 is 9.67 Å². The first-order valence-electron chi connectivity index (χ1n) is 4.31.